The van der Waals surface area contributed by atoms with Gasteiger partial charge in [-0.1, -0.05) is 12.7 Å². The molecule has 3 aliphatic rings. The first-order chi connectivity index (χ1) is 15.6. The predicted octanol–water partition coefficient (Wildman–Crippen LogP) is 0.796. The molecule has 1 saturated heterocycles. The maximum Gasteiger partial charge on any atom is 0.408 e. The van der Waals surface area contributed by atoms with Gasteiger partial charge in [0.15, 0.2) is 0 Å². The van der Waals surface area contributed by atoms with Crippen molar-refractivity contribution >= 4 is 23.9 Å². The van der Waals surface area contributed by atoms with E-state index < -0.39 is 47.6 Å². The topological polar surface area (TPSA) is 134 Å². The molecule has 0 aromatic carbocycles. The molecule has 10 nitrogen and oxygen atoms in total. The Morgan fingerprint density at radius 2 is 1.91 bits per heavy atom. The van der Waals surface area contributed by atoms with Gasteiger partial charge in [-0.3, -0.25) is 9.59 Å². The van der Waals surface area contributed by atoms with Gasteiger partial charge >= 0.3 is 12.1 Å². The molecule has 2 aliphatic carbocycles. The van der Waals surface area contributed by atoms with Gasteiger partial charge in [-0.05, 0) is 44.6 Å². The highest BCUT2D eigenvalue weighted by Crippen LogP contribution is 2.45. The number of carbonyl (C=O) groups excluding carboxylic acids is 4. The fourth-order valence-corrected chi connectivity index (χ4v) is 4.66. The molecule has 182 valence electrons. The number of rotatable bonds is 8. The molecule has 0 spiro atoms. The van der Waals surface area contributed by atoms with Gasteiger partial charge in [0.25, 0.3) is 0 Å². The Kier molecular flexibility index (Phi) is 7.46. The number of carbonyl (C=O) groups is 4. The van der Waals surface area contributed by atoms with Crippen LogP contribution in [-0.4, -0.2) is 77.4 Å². The monoisotopic (exact) mass is 463 g/mol. The molecule has 33 heavy (non-hydrogen) atoms. The second-order valence-corrected chi connectivity index (χ2v) is 9.13. The van der Waals surface area contributed by atoms with Gasteiger partial charge in [-0.15, -0.1) is 6.58 Å². The van der Waals surface area contributed by atoms with Crippen molar-refractivity contribution in [3.63, 3.8) is 0 Å². The highest BCUT2D eigenvalue weighted by Gasteiger charge is 2.61. The molecular weight excluding hydrogens is 430 g/mol. The van der Waals surface area contributed by atoms with Crippen LogP contribution in [0, 0.1) is 5.92 Å². The minimum absolute atomic E-state index is 0.00299. The summed E-state index contributed by atoms with van der Waals surface area (Å²) >= 11 is 0. The molecule has 0 aromatic rings. The molecule has 5 atom stereocenters. The molecule has 3 N–H and O–H groups in total. The molecule has 1 aliphatic heterocycles. The summed E-state index contributed by atoms with van der Waals surface area (Å²) in [4.78, 5) is 52.2. The highest BCUT2D eigenvalue weighted by atomic mass is 16.6. The van der Waals surface area contributed by atoms with Crippen LogP contribution in [0.1, 0.15) is 45.4 Å². The normalized spacial score (nSPS) is 29.7. The number of amides is 3. The Morgan fingerprint density at radius 1 is 1.24 bits per heavy atom. The van der Waals surface area contributed by atoms with Gasteiger partial charge in [0.2, 0.25) is 11.8 Å². The number of esters is 1. The number of methoxy groups -OCH3 is 1. The Hall–Kier alpha value is -2.88. The molecule has 10 heteroatoms. The van der Waals surface area contributed by atoms with Gasteiger partial charge in [-0.25, -0.2) is 9.59 Å². The van der Waals surface area contributed by atoms with Crippen LogP contribution in [0.4, 0.5) is 4.79 Å². The lowest BCUT2D eigenvalue weighted by molar-refractivity contribution is -0.148. The third kappa shape index (κ3) is 5.21. The van der Waals surface area contributed by atoms with Crippen molar-refractivity contribution in [3.8, 4) is 0 Å². The zero-order chi connectivity index (χ0) is 24.3. The number of likely N-dealkylation sites (tertiary alicyclic amines) is 1. The zero-order valence-corrected chi connectivity index (χ0v) is 19.2. The fraction of sp³-hybridized carbons (Fsp3) is 0.652. The number of hydrogen-bond donors (Lipinski definition) is 3. The number of aliphatic hydroxyl groups excluding tert-OH is 1. The number of nitrogens with one attached hydrogen (secondary N) is 2. The summed E-state index contributed by atoms with van der Waals surface area (Å²) in [6.45, 7) is 8.97. The summed E-state index contributed by atoms with van der Waals surface area (Å²) in [5.41, 5.74) is -0.851. The number of ether oxygens (including phenoxy) is 2. The Bertz CT molecular complexity index is 838. The molecule has 1 unspecified atom stereocenters. The number of alkyl carbamates (subject to hydrolysis) is 1. The standard InChI is InChI=1S/C23H33N3O7/c1-5-14-11-23(14,21(30)32-4)25-19(28)17-10-15(27)12-26(17)20(29)18(13(2)3)24-22(31)33-16-8-6-7-9-16/h5,14-18,27H,1-2,6-12H2,3-4H3,(H,24,31)(H,25,28)/t14-,15+,17?,18+,23-/m1/s1. The maximum absolute atomic E-state index is 13.3. The summed E-state index contributed by atoms with van der Waals surface area (Å²) in [5, 5.41) is 15.5. The van der Waals surface area contributed by atoms with E-state index in [1.54, 1.807) is 13.0 Å². The summed E-state index contributed by atoms with van der Waals surface area (Å²) < 4.78 is 10.2. The quantitative estimate of drug-likeness (QED) is 0.358. The van der Waals surface area contributed by atoms with Crippen LogP contribution in [0.5, 0.6) is 0 Å². The summed E-state index contributed by atoms with van der Waals surface area (Å²) in [6.07, 6.45) is 3.64. The van der Waals surface area contributed by atoms with Crippen LogP contribution >= 0.6 is 0 Å². The van der Waals surface area contributed by atoms with Gasteiger partial charge in [-0.2, -0.15) is 0 Å². The maximum atomic E-state index is 13.3. The van der Waals surface area contributed by atoms with Gasteiger partial charge in [0, 0.05) is 18.9 Å². The minimum Gasteiger partial charge on any atom is -0.467 e. The number of hydrogen-bond acceptors (Lipinski definition) is 7. The zero-order valence-electron chi connectivity index (χ0n) is 19.2. The second kappa shape index (κ2) is 9.94. The lowest BCUT2D eigenvalue weighted by Gasteiger charge is -2.29. The average Bonchev–Trinajstić information content (AvgIpc) is 3.07. The van der Waals surface area contributed by atoms with E-state index in [4.69, 9.17) is 9.47 Å². The van der Waals surface area contributed by atoms with Crippen LogP contribution in [-0.2, 0) is 23.9 Å². The van der Waals surface area contributed by atoms with Crippen LogP contribution in [0.15, 0.2) is 24.8 Å². The molecule has 3 rings (SSSR count). The van der Waals surface area contributed by atoms with E-state index in [-0.39, 0.29) is 25.0 Å². The lowest BCUT2D eigenvalue weighted by atomic mass is 10.1. The van der Waals surface area contributed by atoms with E-state index in [1.165, 1.54) is 12.0 Å². The first-order valence-corrected chi connectivity index (χ1v) is 11.3. The first kappa shape index (κ1) is 24.8. The third-order valence-corrected chi connectivity index (χ3v) is 6.64. The summed E-state index contributed by atoms with van der Waals surface area (Å²) in [7, 11) is 1.23. The van der Waals surface area contributed by atoms with E-state index in [1.807, 2.05) is 0 Å². The van der Waals surface area contributed by atoms with E-state index >= 15 is 0 Å². The van der Waals surface area contributed by atoms with Crippen molar-refractivity contribution in [2.24, 2.45) is 5.92 Å². The van der Waals surface area contributed by atoms with Crippen molar-refractivity contribution in [1.29, 1.82) is 0 Å². The van der Waals surface area contributed by atoms with Crippen molar-refractivity contribution in [1.82, 2.24) is 15.5 Å². The summed E-state index contributed by atoms with van der Waals surface area (Å²) in [6, 6.07) is -2.13. The van der Waals surface area contributed by atoms with Gasteiger partial charge in [0.1, 0.15) is 23.7 Å². The molecule has 1 heterocycles. The number of aliphatic hydroxyl groups is 1. The lowest BCUT2D eigenvalue weighted by Crippen LogP contribution is -2.56. The van der Waals surface area contributed by atoms with Crippen molar-refractivity contribution in [3.05, 3.63) is 24.8 Å². The Labute approximate surface area is 193 Å². The molecule has 0 bridgehead atoms. The second-order valence-electron chi connectivity index (χ2n) is 9.13. The van der Waals surface area contributed by atoms with E-state index in [0.717, 1.165) is 25.7 Å². The van der Waals surface area contributed by atoms with Crippen LogP contribution < -0.4 is 10.6 Å². The molecule has 2 saturated carbocycles. The van der Waals surface area contributed by atoms with E-state index in [9.17, 15) is 24.3 Å². The van der Waals surface area contributed by atoms with Crippen LogP contribution in [0.25, 0.3) is 0 Å². The van der Waals surface area contributed by atoms with Crippen molar-refractivity contribution in [2.45, 2.75) is 75.3 Å². The average molecular weight is 464 g/mol. The smallest absolute Gasteiger partial charge is 0.408 e. The van der Waals surface area contributed by atoms with Gasteiger partial charge in [0.05, 0.1) is 13.2 Å². The molecule has 0 radical (unpaired) electrons. The summed E-state index contributed by atoms with van der Waals surface area (Å²) in [5.74, 6) is -2.03. The third-order valence-electron chi connectivity index (χ3n) is 6.64. The minimum atomic E-state index is -1.22. The Balaban J connectivity index is 1.70. The van der Waals surface area contributed by atoms with Crippen molar-refractivity contribution in [2.75, 3.05) is 13.7 Å². The van der Waals surface area contributed by atoms with Crippen LogP contribution in [0.3, 0.4) is 0 Å². The van der Waals surface area contributed by atoms with Crippen molar-refractivity contribution < 1.29 is 33.8 Å². The molecule has 3 fully saturated rings. The van der Waals surface area contributed by atoms with E-state index in [0.29, 0.717) is 12.0 Å². The SMILES string of the molecule is C=C[C@@H]1C[C@]1(NC(=O)C1C[C@H](O)CN1C(=O)[C@@H](NC(=O)OC1CCCC1)C(=C)C)C(=O)OC. The highest BCUT2D eigenvalue weighted by molar-refractivity contribution is 5.97. The first-order valence-electron chi connectivity index (χ1n) is 11.3. The van der Waals surface area contributed by atoms with Crippen LogP contribution in [0.2, 0.25) is 0 Å². The Morgan fingerprint density at radius 3 is 2.45 bits per heavy atom. The molecular formula is C23H33N3O7. The predicted molar refractivity (Wildman–Crippen MR) is 118 cm³/mol. The molecule has 3 amide bonds. The fourth-order valence-electron chi connectivity index (χ4n) is 4.66. The molecule has 0 aromatic heterocycles. The number of nitrogens with zero attached hydrogens (tertiary/aromatic N) is 1. The largest absolute Gasteiger partial charge is 0.467 e. The van der Waals surface area contributed by atoms with E-state index in [2.05, 4.69) is 23.8 Å². The van der Waals surface area contributed by atoms with Gasteiger partial charge < -0.3 is 30.1 Å². The number of β-amino-alcohol motifs (C(OH)–C–C–N with tert-alkyl or cyclic N) is 1.